The molecule has 33 heavy (non-hydrogen) atoms. The fraction of sp³-hybridized carbons (Fsp3) is 0.250. The van der Waals surface area contributed by atoms with Crippen LogP contribution in [0.5, 0.6) is 0 Å². The number of aryl methyl sites for hydroxylation is 1. The molecule has 0 saturated heterocycles. The summed E-state index contributed by atoms with van der Waals surface area (Å²) < 4.78 is 38.9. The smallest absolute Gasteiger partial charge is 0.325 e. The number of amides is 1. The van der Waals surface area contributed by atoms with Crippen molar-refractivity contribution in [1.29, 1.82) is 5.26 Å². The highest BCUT2D eigenvalue weighted by atomic mass is 19.4. The van der Waals surface area contributed by atoms with Gasteiger partial charge in [0.25, 0.3) is 0 Å². The standard InChI is InChI=1S/C24H17F3N4O2/c25-24(26,27)13-6-3-7-14(10-13)29-23(33)17(11-28)22(32)21-19-15-8-1-4-12-5-2-9-16(18(12)15)20(19)30-31-21/h2-3,5-7,9-10,15,17H,1,4,8H2,(H,29,33)(H,30,31). The predicted octanol–water partition coefficient (Wildman–Crippen LogP) is 4.84. The summed E-state index contributed by atoms with van der Waals surface area (Å²) in [6.45, 7) is 0. The number of H-pyrrole nitrogens is 1. The Bertz CT molecular complexity index is 1340. The van der Waals surface area contributed by atoms with Crippen molar-refractivity contribution >= 4 is 17.4 Å². The zero-order valence-corrected chi connectivity index (χ0v) is 17.2. The number of aromatic nitrogens is 2. The van der Waals surface area contributed by atoms with E-state index in [-0.39, 0.29) is 17.3 Å². The molecule has 2 aliphatic rings. The van der Waals surface area contributed by atoms with E-state index in [9.17, 15) is 28.0 Å². The van der Waals surface area contributed by atoms with Crippen molar-refractivity contribution in [3.8, 4) is 17.3 Å². The van der Waals surface area contributed by atoms with Crippen LogP contribution in [0.15, 0.2) is 42.5 Å². The molecule has 3 aromatic rings. The third kappa shape index (κ3) is 3.39. The first-order chi connectivity index (χ1) is 15.8. The minimum absolute atomic E-state index is 0.0322. The number of nitriles is 1. The molecule has 166 valence electrons. The summed E-state index contributed by atoms with van der Waals surface area (Å²) in [4.78, 5) is 25.9. The molecule has 0 saturated carbocycles. The second-order valence-corrected chi connectivity index (χ2v) is 8.18. The Morgan fingerprint density at radius 3 is 2.73 bits per heavy atom. The number of Topliss-reactive ketones (excluding diaryl/α,β-unsaturated/α-hetero) is 1. The first-order valence-electron chi connectivity index (χ1n) is 10.4. The van der Waals surface area contributed by atoms with Gasteiger partial charge in [-0.15, -0.1) is 0 Å². The van der Waals surface area contributed by atoms with Crippen LogP contribution in [0.3, 0.4) is 0 Å². The number of hydrogen-bond donors (Lipinski definition) is 2. The van der Waals surface area contributed by atoms with Crippen LogP contribution in [0.1, 0.15) is 51.5 Å². The molecule has 2 atom stereocenters. The van der Waals surface area contributed by atoms with Gasteiger partial charge in [0.15, 0.2) is 5.92 Å². The van der Waals surface area contributed by atoms with Crippen molar-refractivity contribution in [2.75, 3.05) is 5.32 Å². The number of carbonyl (C=O) groups is 2. The molecule has 0 bridgehead atoms. The van der Waals surface area contributed by atoms with Crippen LogP contribution in [0.4, 0.5) is 18.9 Å². The van der Waals surface area contributed by atoms with Crippen LogP contribution < -0.4 is 5.32 Å². The summed E-state index contributed by atoms with van der Waals surface area (Å²) in [6.07, 6.45) is -1.88. The number of nitrogens with zero attached hydrogens (tertiary/aromatic N) is 2. The second kappa shape index (κ2) is 7.59. The molecule has 5 rings (SSSR count). The van der Waals surface area contributed by atoms with Crippen molar-refractivity contribution in [1.82, 2.24) is 10.2 Å². The molecular formula is C24H17F3N4O2. The maximum atomic E-state index is 13.2. The monoisotopic (exact) mass is 450 g/mol. The number of hydrogen-bond acceptors (Lipinski definition) is 4. The molecule has 2 aliphatic carbocycles. The molecule has 6 nitrogen and oxygen atoms in total. The van der Waals surface area contributed by atoms with Gasteiger partial charge in [0, 0.05) is 22.7 Å². The Hall–Kier alpha value is -3.93. The number of carbonyl (C=O) groups excluding carboxylic acids is 2. The van der Waals surface area contributed by atoms with Gasteiger partial charge in [-0.1, -0.05) is 24.3 Å². The summed E-state index contributed by atoms with van der Waals surface area (Å²) in [6, 6.07) is 11.7. The van der Waals surface area contributed by atoms with E-state index in [4.69, 9.17) is 0 Å². The Balaban J connectivity index is 1.44. The number of fused-ring (bicyclic) bond motifs is 3. The van der Waals surface area contributed by atoms with Gasteiger partial charge in [0.05, 0.1) is 17.3 Å². The summed E-state index contributed by atoms with van der Waals surface area (Å²) in [7, 11) is 0. The normalized spacial score (nSPS) is 17.0. The molecular weight excluding hydrogens is 433 g/mol. The fourth-order valence-electron chi connectivity index (χ4n) is 4.83. The Morgan fingerprint density at radius 2 is 1.97 bits per heavy atom. The number of aromatic amines is 1. The van der Waals surface area contributed by atoms with E-state index < -0.39 is 29.3 Å². The highest BCUT2D eigenvalue weighted by molar-refractivity contribution is 6.16. The van der Waals surface area contributed by atoms with Gasteiger partial charge in [0.2, 0.25) is 11.7 Å². The zero-order chi connectivity index (χ0) is 23.3. The van der Waals surface area contributed by atoms with Crippen molar-refractivity contribution in [3.63, 3.8) is 0 Å². The molecule has 1 heterocycles. The van der Waals surface area contributed by atoms with Crippen molar-refractivity contribution in [3.05, 3.63) is 70.4 Å². The highest BCUT2D eigenvalue weighted by Gasteiger charge is 2.41. The molecule has 1 amide bonds. The van der Waals surface area contributed by atoms with Crippen molar-refractivity contribution in [2.45, 2.75) is 31.4 Å². The topological polar surface area (TPSA) is 98.6 Å². The maximum absolute atomic E-state index is 13.2. The van der Waals surface area contributed by atoms with Gasteiger partial charge >= 0.3 is 6.18 Å². The Morgan fingerprint density at radius 1 is 1.18 bits per heavy atom. The maximum Gasteiger partial charge on any atom is 0.416 e. The number of ketones is 1. The number of benzene rings is 2. The highest BCUT2D eigenvalue weighted by Crippen LogP contribution is 2.51. The Kier molecular flexibility index (Phi) is 4.81. The van der Waals surface area contributed by atoms with E-state index in [1.54, 1.807) is 6.07 Å². The molecule has 0 radical (unpaired) electrons. The molecule has 9 heteroatoms. The fourth-order valence-corrected chi connectivity index (χ4v) is 4.83. The van der Waals surface area contributed by atoms with Crippen LogP contribution in [0.2, 0.25) is 0 Å². The number of halogens is 3. The van der Waals surface area contributed by atoms with Crippen LogP contribution in [-0.2, 0) is 17.4 Å². The summed E-state index contributed by atoms with van der Waals surface area (Å²) in [5, 5.41) is 18.9. The second-order valence-electron chi connectivity index (χ2n) is 8.18. The van der Waals surface area contributed by atoms with E-state index in [0.29, 0.717) is 5.56 Å². The Labute approximate surface area is 186 Å². The SMILES string of the molecule is N#CC(C(=O)Nc1cccc(C(F)(F)F)c1)C(=O)c1n[nH]c2c1C1CCCc3cccc-2c31. The van der Waals surface area contributed by atoms with E-state index in [0.717, 1.165) is 54.3 Å². The quantitative estimate of drug-likeness (QED) is 0.439. The van der Waals surface area contributed by atoms with E-state index in [1.807, 2.05) is 12.1 Å². The van der Waals surface area contributed by atoms with Crippen LogP contribution in [-0.4, -0.2) is 21.9 Å². The first kappa shape index (κ1) is 20.9. The third-order valence-electron chi connectivity index (χ3n) is 6.25. The van der Waals surface area contributed by atoms with Gasteiger partial charge in [-0.3, -0.25) is 14.7 Å². The van der Waals surface area contributed by atoms with E-state index in [2.05, 4.69) is 21.6 Å². The molecule has 0 aliphatic heterocycles. The molecule has 2 N–H and O–H groups in total. The summed E-state index contributed by atoms with van der Waals surface area (Å²) in [5.41, 5.74) is 3.68. The van der Waals surface area contributed by atoms with Crippen LogP contribution in [0.25, 0.3) is 11.3 Å². The van der Waals surface area contributed by atoms with E-state index in [1.165, 1.54) is 11.6 Å². The molecule has 2 aromatic carbocycles. The molecule has 1 aromatic heterocycles. The molecule has 0 fully saturated rings. The molecule has 2 unspecified atom stereocenters. The lowest BCUT2D eigenvalue weighted by atomic mass is 9.81. The largest absolute Gasteiger partial charge is 0.416 e. The zero-order valence-electron chi connectivity index (χ0n) is 17.2. The van der Waals surface area contributed by atoms with E-state index >= 15 is 0 Å². The average molecular weight is 450 g/mol. The summed E-state index contributed by atoms with van der Waals surface area (Å²) in [5.74, 6) is -3.57. The number of rotatable bonds is 4. The predicted molar refractivity (Wildman–Crippen MR) is 112 cm³/mol. The van der Waals surface area contributed by atoms with Crippen LogP contribution in [0, 0.1) is 17.2 Å². The van der Waals surface area contributed by atoms with Crippen LogP contribution >= 0.6 is 0 Å². The van der Waals surface area contributed by atoms with Gasteiger partial charge in [0.1, 0.15) is 5.69 Å². The third-order valence-corrected chi connectivity index (χ3v) is 6.25. The number of anilines is 1. The average Bonchev–Trinajstić information content (AvgIpc) is 3.35. The lowest BCUT2D eigenvalue weighted by Crippen LogP contribution is -2.30. The van der Waals surface area contributed by atoms with Gasteiger partial charge in [-0.05, 0) is 48.6 Å². The van der Waals surface area contributed by atoms with Gasteiger partial charge < -0.3 is 5.32 Å². The number of nitrogens with one attached hydrogen (secondary N) is 2. The van der Waals surface area contributed by atoms with Gasteiger partial charge in [-0.25, -0.2) is 0 Å². The minimum atomic E-state index is -4.59. The lowest BCUT2D eigenvalue weighted by molar-refractivity contribution is -0.137. The van der Waals surface area contributed by atoms with Crippen molar-refractivity contribution in [2.24, 2.45) is 5.92 Å². The lowest BCUT2D eigenvalue weighted by Gasteiger charge is -2.22. The molecule has 0 spiro atoms. The minimum Gasteiger partial charge on any atom is -0.325 e. The van der Waals surface area contributed by atoms with Gasteiger partial charge in [-0.2, -0.15) is 23.5 Å². The number of alkyl halides is 3. The van der Waals surface area contributed by atoms with Crippen molar-refractivity contribution < 1.29 is 22.8 Å². The first-order valence-corrected chi connectivity index (χ1v) is 10.4. The summed E-state index contributed by atoms with van der Waals surface area (Å²) >= 11 is 0.